The van der Waals surface area contributed by atoms with E-state index in [1.165, 1.54) is 25.5 Å². The number of hydrogen-bond acceptors (Lipinski definition) is 2. The first-order chi connectivity index (χ1) is 10.6. The highest BCUT2D eigenvalue weighted by Crippen LogP contribution is 2.34. The molecule has 0 amide bonds. The highest BCUT2D eigenvalue weighted by Gasteiger charge is 2.19. The number of benzene rings is 1. The summed E-state index contributed by atoms with van der Waals surface area (Å²) in [4.78, 5) is 0. The first kappa shape index (κ1) is 24.2. The van der Waals surface area contributed by atoms with Crippen LogP contribution in [0, 0.1) is 5.41 Å². The van der Waals surface area contributed by atoms with Gasteiger partial charge in [-0.05, 0) is 69.7 Å². The van der Waals surface area contributed by atoms with Crippen molar-refractivity contribution in [3.05, 3.63) is 29.8 Å². The summed E-state index contributed by atoms with van der Waals surface area (Å²) < 4.78 is 5.87. The lowest BCUT2D eigenvalue weighted by atomic mass is 9.80. The summed E-state index contributed by atoms with van der Waals surface area (Å²) in [5.41, 5.74) is 6.18. The maximum atomic E-state index is 5.87. The number of rotatable bonds is 4. The first-order valence-electron chi connectivity index (χ1n) is 8.97. The van der Waals surface area contributed by atoms with Gasteiger partial charge in [-0.1, -0.05) is 53.7 Å². The van der Waals surface area contributed by atoms with Crippen LogP contribution in [0.2, 0.25) is 0 Å². The molecule has 1 rings (SSSR count). The molecule has 0 spiro atoms. The van der Waals surface area contributed by atoms with Gasteiger partial charge in [-0.3, -0.25) is 0 Å². The average molecular weight is 324 g/mol. The Morgan fingerprint density at radius 3 is 1.65 bits per heavy atom. The normalized spacial score (nSPS) is 12.3. The summed E-state index contributed by atoms with van der Waals surface area (Å²) in [6, 6.07) is 8.65. The molecule has 1 aromatic rings. The monoisotopic (exact) mass is 323 g/mol. The van der Waals surface area contributed by atoms with Crippen molar-refractivity contribution in [1.82, 2.24) is 0 Å². The van der Waals surface area contributed by atoms with E-state index in [-0.39, 0.29) is 5.60 Å². The van der Waals surface area contributed by atoms with Gasteiger partial charge in [0, 0.05) is 0 Å². The Kier molecular flexibility index (Phi) is 12.1. The van der Waals surface area contributed by atoms with Gasteiger partial charge in [0.15, 0.2) is 0 Å². The molecule has 2 heteroatoms. The molecule has 0 aliphatic carbocycles. The second-order valence-corrected chi connectivity index (χ2v) is 7.65. The van der Waals surface area contributed by atoms with Crippen LogP contribution >= 0.6 is 0 Å². The molecule has 1 unspecified atom stereocenters. The van der Waals surface area contributed by atoms with Crippen molar-refractivity contribution in [2.75, 3.05) is 7.05 Å². The Bertz CT molecular complexity index is 382. The molecular weight excluding hydrogens is 282 g/mol. The van der Waals surface area contributed by atoms with Crippen LogP contribution in [0.25, 0.3) is 0 Å². The lowest BCUT2D eigenvalue weighted by Crippen LogP contribution is -2.22. The Morgan fingerprint density at radius 2 is 1.35 bits per heavy atom. The topological polar surface area (TPSA) is 35.2 Å². The van der Waals surface area contributed by atoms with Crippen molar-refractivity contribution < 1.29 is 4.74 Å². The maximum absolute atomic E-state index is 5.87. The zero-order chi connectivity index (χ0) is 18.7. The number of nitrogens with two attached hydrogens (primary N) is 1. The molecule has 0 saturated carbocycles. The van der Waals surface area contributed by atoms with E-state index in [0.29, 0.717) is 11.3 Å². The van der Waals surface area contributed by atoms with Gasteiger partial charge < -0.3 is 10.5 Å². The van der Waals surface area contributed by atoms with E-state index in [9.17, 15) is 0 Å². The fraction of sp³-hybridized carbons (Fsp3) is 0.714. The van der Waals surface area contributed by atoms with Gasteiger partial charge in [0.05, 0.1) is 0 Å². The third kappa shape index (κ3) is 12.1. The molecule has 136 valence electrons. The van der Waals surface area contributed by atoms with Crippen molar-refractivity contribution in [1.29, 1.82) is 0 Å². The minimum Gasteiger partial charge on any atom is -0.488 e. The van der Waals surface area contributed by atoms with Crippen LogP contribution in [0.5, 0.6) is 5.75 Å². The minimum atomic E-state index is -0.128. The van der Waals surface area contributed by atoms with Crippen molar-refractivity contribution >= 4 is 0 Å². The molecule has 0 aliphatic rings. The lowest BCUT2D eigenvalue weighted by Gasteiger charge is -2.26. The van der Waals surface area contributed by atoms with E-state index in [2.05, 4.69) is 78.5 Å². The van der Waals surface area contributed by atoms with Gasteiger partial charge in [0.2, 0.25) is 0 Å². The fourth-order valence-electron chi connectivity index (χ4n) is 2.40. The van der Waals surface area contributed by atoms with Crippen LogP contribution < -0.4 is 10.5 Å². The smallest absolute Gasteiger partial charge is 0.120 e. The zero-order valence-corrected chi connectivity index (χ0v) is 17.3. The Balaban J connectivity index is 0. The highest BCUT2D eigenvalue weighted by molar-refractivity contribution is 5.30. The summed E-state index contributed by atoms with van der Waals surface area (Å²) >= 11 is 0. The van der Waals surface area contributed by atoms with Crippen LogP contribution in [0.4, 0.5) is 0 Å². The second kappa shape index (κ2) is 11.5. The molecule has 23 heavy (non-hydrogen) atoms. The Labute approximate surface area is 145 Å². The van der Waals surface area contributed by atoms with Crippen LogP contribution in [-0.2, 0) is 0 Å². The van der Waals surface area contributed by atoms with Gasteiger partial charge >= 0.3 is 0 Å². The quantitative estimate of drug-likeness (QED) is 0.696. The molecule has 2 N–H and O–H groups in total. The summed E-state index contributed by atoms with van der Waals surface area (Å²) in [6.07, 6.45) is 2.42. The van der Waals surface area contributed by atoms with Crippen LogP contribution in [0.15, 0.2) is 24.3 Å². The van der Waals surface area contributed by atoms with Crippen molar-refractivity contribution in [3.63, 3.8) is 0 Å². The van der Waals surface area contributed by atoms with E-state index < -0.39 is 0 Å². The van der Waals surface area contributed by atoms with Gasteiger partial charge in [-0.25, -0.2) is 0 Å². The predicted molar refractivity (Wildman–Crippen MR) is 105 cm³/mol. The molecule has 0 aromatic heterocycles. The number of ether oxygens (including phenoxy) is 1. The molecular formula is C21H41NO. The molecule has 2 nitrogen and oxygen atoms in total. The largest absolute Gasteiger partial charge is 0.488 e. The summed E-state index contributed by atoms with van der Waals surface area (Å²) in [5.74, 6) is 1.60. The summed E-state index contributed by atoms with van der Waals surface area (Å²) in [6.45, 7) is 19.4. The molecule has 0 bridgehead atoms. The van der Waals surface area contributed by atoms with Crippen LogP contribution in [0.1, 0.15) is 86.6 Å². The summed E-state index contributed by atoms with van der Waals surface area (Å²) in [5, 5.41) is 0. The standard InChI is InChI=1S/C18H30O.C2H6.CH5N/c1-8-14(13-17(2,3)4)15-9-11-16(12-10-15)19-18(5,6)7;2*1-2/h9-12,14H,8,13H2,1-7H3;1-2H3;2H2,1H3. The molecule has 0 saturated heterocycles. The average Bonchev–Trinajstić information content (AvgIpc) is 2.47. The van der Waals surface area contributed by atoms with Crippen molar-refractivity contribution in [2.45, 2.75) is 86.7 Å². The van der Waals surface area contributed by atoms with E-state index in [1.54, 1.807) is 0 Å². The Morgan fingerprint density at radius 1 is 0.913 bits per heavy atom. The van der Waals surface area contributed by atoms with Gasteiger partial charge in [0.25, 0.3) is 0 Å². The SMILES string of the molecule is CC.CCC(CC(C)(C)C)c1ccc(OC(C)(C)C)cc1.CN. The molecule has 0 fully saturated rings. The third-order valence-electron chi connectivity index (χ3n) is 3.13. The minimum absolute atomic E-state index is 0.128. The van der Waals surface area contributed by atoms with Gasteiger partial charge in [0.1, 0.15) is 11.4 Å². The third-order valence-corrected chi connectivity index (χ3v) is 3.13. The fourth-order valence-corrected chi connectivity index (χ4v) is 2.40. The van der Waals surface area contributed by atoms with E-state index in [0.717, 1.165) is 5.75 Å². The predicted octanol–water partition coefficient (Wildman–Crippen LogP) is 6.39. The van der Waals surface area contributed by atoms with Crippen LogP contribution in [0.3, 0.4) is 0 Å². The maximum Gasteiger partial charge on any atom is 0.120 e. The molecule has 0 heterocycles. The number of hydrogen-bond donors (Lipinski definition) is 1. The van der Waals surface area contributed by atoms with Gasteiger partial charge in [-0.2, -0.15) is 0 Å². The van der Waals surface area contributed by atoms with Gasteiger partial charge in [-0.15, -0.1) is 0 Å². The van der Waals surface area contributed by atoms with E-state index >= 15 is 0 Å². The van der Waals surface area contributed by atoms with Crippen molar-refractivity contribution in [3.8, 4) is 5.75 Å². The molecule has 0 radical (unpaired) electrons. The Hall–Kier alpha value is -1.02. The molecule has 0 aliphatic heterocycles. The van der Waals surface area contributed by atoms with Crippen molar-refractivity contribution in [2.24, 2.45) is 11.1 Å². The highest BCUT2D eigenvalue weighted by atomic mass is 16.5. The summed E-state index contributed by atoms with van der Waals surface area (Å²) in [7, 11) is 1.50. The van der Waals surface area contributed by atoms with E-state index in [4.69, 9.17) is 4.74 Å². The zero-order valence-electron chi connectivity index (χ0n) is 17.3. The van der Waals surface area contributed by atoms with Crippen LogP contribution in [-0.4, -0.2) is 12.6 Å². The first-order valence-corrected chi connectivity index (χ1v) is 8.97. The van der Waals surface area contributed by atoms with E-state index in [1.807, 2.05) is 13.8 Å². The second-order valence-electron chi connectivity index (χ2n) is 7.65. The molecule has 1 aromatic carbocycles. The lowest BCUT2D eigenvalue weighted by molar-refractivity contribution is 0.131. The molecule has 1 atom stereocenters.